The SMILES string of the molecule is CC1CCC(C(F)F)CN1.Cl. The van der Waals surface area contributed by atoms with Crippen LogP contribution in [0.4, 0.5) is 8.78 Å². The van der Waals surface area contributed by atoms with Gasteiger partial charge >= 0.3 is 0 Å². The molecule has 2 atom stereocenters. The summed E-state index contributed by atoms with van der Waals surface area (Å²) in [5, 5.41) is 3.03. The molecule has 1 nitrogen and oxygen atoms in total. The predicted octanol–water partition coefficient (Wildman–Crippen LogP) is 2.06. The summed E-state index contributed by atoms with van der Waals surface area (Å²) >= 11 is 0. The van der Waals surface area contributed by atoms with Gasteiger partial charge in [0.15, 0.2) is 0 Å². The van der Waals surface area contributed by atoms with Crippen LogP contribution in [0.5, 0.6) is 0 Å². The lowest BCUT2D eigenvalue weighted by Gasteiger charge is -2.26. The lowest BCUT2D eigenvalue weighted by atomic mass is 9.96. The Labute approximate surface area is 72.0 Å². The highest BCUT2D eigenvalue weighted by Crippen LogP contribution is 2.20. The van der Waals surface area contributed by atoms with Gasteiger partial charge in [-0.1, -0.05) is 0 Å². The lowest BCUT2D eigenvalue weighted by Crippen LogP contribution is -2.39. The maximum absolute atomic E-state index is 12.0. The zero-order valence-corrected chi connectivity index (χ0v) is 7.33. The maximum Gasteiger partial charge on any atom is 0.242 e. The molecule has 0 aromatic rings. The number of piperidine rings is 1. The van der Waals surface area contributed by atoms with Crippen LogP contribution in [0.25, 0.3) is 0 Å². The van der Waals surface area contributed by atoms with Gasteiger partial charge in [0.2, 0.25) is 6.43 Å². The van der Waals surface area contributed by atoms with Crippen LogP contribution in [0.3, 0.4) is 0 Å². The van der Waals surface area contributed by atoms with Crippen LogP contribution in [0.1, 0.15) is 19.8 Å². The molecule has 2 unspecified atom stereocenters. The molecule has 0 bridgehead atoms. The van der Waals surface area contributed by atoms with Gasteiger partial charge in [0.05, 0.1) is 0 Å². The van der Waals surface area contributed by atoms with E-state index in [4.69, 9.17) is 0 Å². The van der Waals surface area contributed by atoms with Crippen molar-refractivity contribution in [1.29, 1.82) is 0 Å². The van der Waals surface area contributed by atoms with Gasteiger partial charge in [0.25, 0.3) is 0 Å². The highest BCUT2D eigenvalue weighted by molar-refractivity contribution is 5.85. The van der Waals surface area contributed by atoms with Crippen molar-refractivity contribution in [3.05, 3.63) is 0 Å². The second-order valence-electron chi connectivity index (χ2n) is 2.98. The van der Waals surface area contributed by atoms with E-state index in [1.165, 1.54) is 0 Å². The normalized spacial score (nSPS) is 31.6. The van der Waals surface area contributed by atoms with Gasteiger partial charge in [-0.05, 0) is 19.8 Å². The number of rotatable bonds is 1. The second kappa shape index (κ2) is 4.88. The van der Waals surface area contributed by atoms with Crippen LogP contribution in [-0.2, 0) is 0 Å². The van der Waals surface area contributed by atoms with Crippen molar-refractivity contribution in [2.45, 2.75) is 32.2 Å². The summed E-state index contributed by atoms with van der Waals surface area (Å²) in [6.45, 7) is 2.51. The third-order valence-corrected chi connectivity index (χ3v) is 2.06. The third-order valence-electron chi connectivity index (χ3n) is 2.06. The largest absolute Gasteiger partial charge is 0.314 e. The van der Waals surface area contributed by atoms with E-state index in [1.54, 1.807) is 0 Å². The third kappa shape index (κ3) is 3.34. The molecule has 0 radical (unpaired) electrons. The quantitative estimate of drug-likeness (QED) is 0.660. The van der Waals surface area contributed by atoms with E-state index >= 15 is 0 Å². The highest BCUT2D eigenvalue weighted by Gasteiger charge is 2.24. The van der Waals surface area contributed by atoms with Gasteiger partial charge in [-0.15, -0.1) is 12.4 Å². The summed E-state index contributed by atoms with van der Waals surface area (Å²) in [5.41, 5.74) is 0. The van der Waals surface area contributed by atoms with Crippen LogP contribution < -0.4 is 5.32 Å². The number of hydrogen-bond donors (Lipinski definition) is 1. The molecular formula is C7H14ClF2N. The second-order valence-corrected chi connectivity index (χ2v) is 2.98. The van der Waals surface area contributed by atoms with Crippen molar-refractivity contribution >= 4 is 12.4 Å². The Hall–Kier alpha value is 0.110. The summed E-state index contributed by atoms with van der Waals surface area (Å²) < 4.78 is 24.0. The van der Waals surface area contributed by atoms with Crippen LogP contribution in [-0.4, -0.2) is 19.0 Å². The fourth-order valence-electron chi connectivity index (χ4n) is 1.24. The Kier molecular flexibility index (Phi) is 4.93. The van der Waals surface area contributed by atoms with Crippen LogP contribution >= 0.6 is 12.4 Å². The van der Waals surface area contributed by atoms with E-state index in [9.17, 15) is 8.78 Å². The van der Waals surface area contributed by atoms with Crippen molar-refractivity contribution in [3.8, 4) is 0 Å². The van der Waals surface area contributed by atoms with E-state index in [-0.39, 0.29) is 12.4 Å². The number of hydrogen-bond acceptors (Lipinski definition) is 1. The van der Waals surface area contributed by atoms with Crippen molar-refractivity contribution in [2.24, 2.45) is 5.92 Å². The Balaban J connectivity index is 0.000001000. The average Bonchev–Trinajstić information content (AvgIpc) is 1.88. The molecule has 0 saturated carbocycles. The molecular weight excluding hydrogens is 172 g/mol. The average molecular weight is 186 g/mol. The summed E-state index contributed by atoms with van der Waals surface area (Å²) in [5.74, 6) is -0.406. The standard InChI is InChI=1S/C7H13F2N.ClH/c1-5-2-3-6(4-10-5)7(8)9;/h5-7,10H,2-4H2,1H3;1H. The molecule has 0 aromatic heterocycles. The maximum atomic E-state index is 12.0. The van der Waals surface area contributed by atoms with Crippen LogP contribution in [0, 0.1) is 5.92 Å². The van der Waals surface area contributed by atoms with Crippen LogP contribution in [0.15, 0.2) is 0 Å². The van der Waals surface area contributed by atoms with Gasteiger partial charge < -0.3 is 5.32 Å². The minimum atomic E-state index is -2.14. The number of halogens is 3. The molecule has 0 spiro atoms. The first-order chi connectivity index (χ1) is 4.70. The van der Waals surface area contributed by atoms with E-state index < -0.39 is 12.3 Å². The topological polar surface area (TPSA) is 12.0 Å². The van der Waals surface area contributed by atoms with Crippen molar-refractivity contribution in [1.82, 2.24) is 5.32 Å². The summed E-state index contributed by atoms with van der Waals surface area (Å²) in [7, 11) is 0. The lowest BCUT2D eigenvalue weighted by molar-refractivity contribution is 0.0577. The molecule has 0 aliphatic carbocycles. The molecule has 1 rings (SSSR count). The monoisotopic (exact) mass is 185 g/mol. The Morgan fingerprint density at radius 2 is 2.00 bits per heavy atom. The first-order valence-corrected chi connectivity index (χ1v) is 3.71. The van der Waals surface area contributed by atoms with Gasteiger partial charge in [0, 0.05) is 18.5 Å². The Bertz CT molecular complexity index is 103. The van der Waals surface area contributed by atoms with Crippen LogP contribution in [0.2, 0.25) is 0 Å². The van der Waals surface area contributed by atoms with E-state index in [1.807, 2.05) is 6.92 Å². The number of alkyl halides is 2. The molecule has 1 aliphatic rings. The highest BCUT2D eigenvalue weighted by atomic mass is 35.5. The Morgan fingerprint density at radius 3 is 2.36 bits per heavy atom. The van der Waals surface area contributed by atoms with Gasteiger partial charge in [-0.3, -0.25) is 0 Å². The van der Waals surface area contributed by atoms with Crippen molar-refractivity contribution < 1.29 is 8.78 Å². The Morgan fingerprint density at radius 1 is 1.36 bits per heavy atom. The molecule has 1 saturated heterocycles. The van der Waals surface area contributed by atoms with Crippen molar-refractivity contribution in [3.63, 3.8) is 0 Å². The molecule has 0 amide bonds. The zero-order valence-electron chi connectivity index (χ0n) is 6.52. The fourth-order valence-corrected chi connectivity index (χ4v) is 1.24. The molecule has 68 valence electrons. The zero-order chi connectivity index (χ0) is 7.56. The minimum absolute atomic E-state index is 0. The fraction of sp³-hybridized carbons (Fsp3) is 1.00. The van der Waals surface area contributed by atoms with Gasteiger partial charge in [-0.2, -0.15) is 0 Å². The first kappa shape index (κ1) is 11.1. The molecule has 4 heteroatoms. The van der Waals surface area contributed by atoms with E-state index in [2.05, 4.69) is 5.32 Å². The molecule has 1 heterocycles. The molecule has 1 aliphatic heterocycles. The van der Waals surface area contributed by atoms with Gasteiger partial charge in [0.1, 0.15) is 0 Å². The summed E-state index contributed by atoms with van der Waals surface area (Å²) in [6, 6.07) is 0.426. The molecule has 0 aromatic carbocycles. The number of nitrogens with one attached hydrogen (secondary N) is 1. The molecule has 1 fully saturated rings. The predicted molar refractivity (Wildman–Crippen MR) is 43.4 cm³/mol. The summed E-state index contributed by atoms with van der Waals surface area (Å²) in [6.07, 6.45) is -0.583. The minimum Gasteiger partial charge on any atom is -0.314 e. The smallest absolute Gasteiger partial charge is 0.242 e. The van der Waals surface area contributed by atoms with E-state index in [0.29, 0.717) is 19.0 Å². The van der Waals surface area contributed by atoms with E-state index in [0.717, 1.165) is 6.42 Å². The molecule has 11 heavy (non-hydrogen) atoms. The summed E-state index contributed by atoms with van der Waals surface area (Å²) in [4.78, 5) is 0. The van der Waals surface area contributed by atoms with Gasteiger partial charge in [-0.25, -0.2) is 8.78 Å². The first-order valence-electron chi connectivity index (χ1n) is 3.71. The van der Waals surface area contributed by atoms with Crippen molar-refractivity contribution in [2.75, 3.05) is 6.54 Å². The molecule has 1 N–H and O–H groups in total.